The third-order valence-electron chi connectivity index (χ3n) is 3.36. The second-order valence-corrected chi connectivity index (χ2v) is 5.31. The van der Waals surface area contributed by atoms with Crippen LogP contribution < -0.4 is 0 Å². The van der Waals surface area contributed by atoms with Gasteiger partial charge in [-0.1, -0.05) is 55.4 Å². The van der Waals surface area contributed by atoms with Gasteiger partial charge in [-0.2, -0.15) is 0 Å². The van der Waals surface area contributed by atoms with E-state index in [1.807, 2.05) is 6.08 Å². The highest BCUT2D eigenvalue weighted by molar-refractivity contribution is 5.11. The maximum absolute atomic E-state index is 3.82. The summed E-state index contributed by atoms with van der Waals surface area (Å²) in [5.41, 5.74) is 2.98. The number of hydrogen-bond acceptors (Lipinski definition) is 0. The van der Waals surface area contributed by atoms with Gasteiger partial charge in [-0.05, 0) is 51.9 Å². The maximum Gasteiger partial charge on any atom is -0.00820 e. The molecule has 0 aliphatic heterocycles. The molecule has 0 aromatic carbocycles. The van der Waals surface area contributed by atoms with Crippen LogP contribution in [-0.2, 0) is 0 Å². The standard InChI is InChI=1S/C18H30/c1-7-9-10-11-12-17(5)18(6)14-16(4)13-15(3)8-2/h7-9,12-13,15,18H,2,10-11,14H2,1,3-6H3. The molecule has 102 valence electrons. The summed E-state index contributed by atoms with van der Waals surface area (Å²) in [4.78, 5) is 0. The van der Waals surface area contributed by atoms with Crippen molar-refractivity contribution in [2.75, 3.05) is 0 Å². The van der Waals surface area contributed by atoms with Crippen LogP contribution in [0.3, 0.4) is 0 Å². The Labute approximate surface area is 114 Å². The summed E-state index contributed by atoms with van der Waals surface area (Å²) in [5, 5.41) is 0. The molecule has 0 rings (SSSR count). The Hall–Kier alpha value is -1.04. The van der Waals surface area contributed by atoms with Crippen molar-refractivity contribution in [2.24, 2.45) is 11.8 Å². The second kappa shape index (κ2) is 9.94. The minimum atomic E-state index is 0.483. The first-order valence-electron chi connectivity index (χ1n) is 7.08. The molecular weight excluding hydrogens is 216 g/mol. The molecule has 0 spiro atoms. The van der Waals surface area contributed by atoms with Crippen molar-refractivity contribution in [3.8, 4) is 0 Å². The molecule has 0 radical (unpaired) electrons. The smallest absolute Gasteiger partial charge is 0.00820 e. The van der Waals surface area contributed by atoms with Gasteiger partial charge in [0.1, 0.15) is 0 Å². The molecule has 2 unspecified atom stereocenters. The minimum Gasteiger partial charge on any atom is -0.102 e. The SMILES string of the molecule is C=CC(C)C=C(C)CC(C)C(C)=CCCC=CC. The summed E-state index contributed by atoms with van der Waals surface area (Å²) >= 11 is 0. The van der Waals surface area contributed by atoms with Crippen LogP contribution in [0.5, 0.6) is 0 Å². The number of unbranched alkanes of at least 4 members (excludes halogenated alkanes) is 1. The normalized spacial score (nSPS) is 16.9. The Morgan fingerprint density at radius 3 is 2.39 bits per heavy atom. The van der Waals surface area contributed by atoms with E-state index >= 15 is 0 Å². The molecular formula is C18H30. The summed E-state index contributed by atoms with van der Waals surface area (Å²) in [7, 11) is 0. The Kier molecular flexibility index (Phi) is 9.36. The highest BCUT2D eigenvalue weighted by atomic mass is 14.1. The topological polar surface area (TPSA) is 0 Å². The van der Waals surface area contributed by atoms with Gasteiger partial charge in [-0.3, -0.25) is 0 Å². The van der Waals surface area contributed by atoms with Gasteiger partial charge in [0.15, 0.2) is 0 Å². The van der Waals surface area contributed by atoms with E-state index in [0.29, 0.717) is 11.8 Å². The number of allylic oxidation sites excluding steroid dienone is 7. The predicted molar refractivity (Wildman–Crippen MR) is 84.7 cm³/mol. The van der Waals surface area contributed by atoms with Gasteiger partial charge in [-0.25, -0.2) is 0 Å². The molecule has 0 saturated heterocycles. The van der Waals surface area contributed by atoms with Crippen LogP contribution in [0.4, 0.5) is 0 Å². The van der Waals surface area contributed by atoms with Gasteiger partial charge in [0.05, 0.1) is 0 Å². The molecule has 0 N–H and O–H groups in total. The van der Waals surface area contributed by atoms with Crippen LogP contribution in [-0.4, -0.2) is 0 Å². The van der Waals surface area contributed by atoms with E-state index in [2.05, 4.69) is 65.5 Å². The fourth-order valence-electron chi connectivity index (χ4n) is 2.00. The summed E-state index contributed by atoms with van der Waals surface area (Å²) in [6, 6.07) is 0. The monoisotopic (exact) mass is 246 g/mol. The molecule has 0 amide bonds. The highest BCUT2D eigenvalue weighted by Gasteiger charge is 2.05. The molecule has 0 bridgehead atoms. The van der Waals surface area contributed by atoms with Gasteiger partial charge in [0.2, 0.25) is 0 Å². The molecule has 0 aromatic heterocycles. The lowest BCUT2D eigenvalue weighted by atomic mass is 9.92. The Morgan fingerprint density at radius 1 is 1.17 bits per heavy atom. The fourth-order valence-corrected chi connectivity index (χ4v) is 2.00. The summed E-state index contributed by atoms with van der Waals surface area (Å²) < 4.78 is 0. The first kappa shape index (κ1) is 17.0. The summed E-state index contributed by atoms with van der Waals surface area (Å²) in [6.45, 7) is 14.9. The fraction of sp³-hybridized carbons (Fsp3) is 0.556. The molecule has 0 heterocycles. The molecule has 18 heavy (non-hydrogen) atoms. The van der Waals surface area contributed by atoms with Crippen molar-refractivity contribution >= 4 is 0 Å². The minimum absolute atomic E-state index is 0.483. The molecule has 2 atom stereocenters. The first-order valence-corrected chi connectivity index (χ1v) is 7.08. The molecule has 0 aromatic rings. The van der Waals surface area contributed by atoms with Crippen molar-refractivity contribution in [3.05, 3.63) is 48.1 Å². The lowest BCUT2D eigenvalue weighted by molar-refractivity contribution is 0.662. The van der Waals surface area contributed by atoms with Crippen LogP contribution >= 0.6 is 0 Å². The average molecular weight is 246 g/mol. The third-order valence-corrected chi connectivity index (χ3v) is 3.36. The Balaban J connectivity index is 4.25. The third kappa shape index (κ3) is 8.11. The zero-order chi connectivity index (χ0) is 14.0. The first-order chi connectivity index (χ1) is 8.51. The molecule has 0 aliphatic carbocycles. The lowest BCUT2D eigenvalue weighted by Gasteiger charge is -2.13. The van der Waals surface area contributed by atoms with Crippen LogP contribution in [0.25, 0.3) is 0 Å². The van der Waals surface area contributed by atoms with Crippen molar-refractivity contribution in [3.63, 3.8) is 0 Å². The van der Waals surface area contributed by atoms with Crippen molar-refractivity contribution in [2.45, 2.75) is 53.9 Å². The van der Waals surface area contributed by atoms with E-state index in [4.69, 9.17) is 0 Å². The largest absolute Gasteiger partial charge is 0.102 e. The molecule has 0 saturated carbocycles. The van der Waals surface area contributed by atoms with Gasteiger partial charge in [0, 0.05) is 0 Å². The molecule has 0 heteroatoms. The average Bonchev–Trinajstić information content (AvgIpc) is 2.33. The quantitative estimate of drug-likeness (QED) is 0.359. The van der Waals surface area contributed by atoms with Gasteiger partial charge in [-0.15, -0.1) is 6.58 Å². The highest BCUT2D eigenvalue weighted by Crippen LogP contribution is 2.21. The van der Waals surface area contributed by atoms with Crippen LogP contribution in [0.2, 0.25) is 0 Å². The molecule has 0 aliphatic rings. The Bertz CT molecular complexity index is 315. The Morgan fingerprint density at radius 2 is 1.83 bits per heavy atom. The van der Waals surface area contributed by atoms with Gasteiger partial charge in [0.25, 0.3) is 0 Å². The predicted octanol–water partition coefficient (Wildman–Crippen LogP) is 6.08. The lowest BCUT2D eigenvalue weighted by Crippen LogP contribution is -1.98. The summed E-state index contributed by atoms with van der Waals surface area (Å²) in [5.74, 6) is 1.13. The zero-order valence-corrected chi connectivity index (χ0v) is 12.9. The van der Waals surface area contributed by atoms with Gasteiger partial charge >= 0.3 is 0 Å². The zero-order valence-electron chi connectivity index (χ0n) is 12.9. The van der Waals surface area contributed by atoms with E-state index in [1.165, 1.54) is 11.1 Å². The molecule has 0 nitrogen and oxygen atoms in total. The van der Waals surface area contributed by atoms with Crippen molar-refractivity contribution < 1.29 is 0 Å². The van der Waals surface area contributed by atoms with E-state index in [-0.39, 0.29) is 0 Å². The number of hydrogen-bond donors (Lipinski definition) is 0. The van der Waals surface area contributed by atoms with E-state index < -0.39 is 0 Å². The van der Waals surface area contributed by atoms with Crippen molar-refractivity contribution in [1.82, 2.24) is 0 Å². The van der Waals surface area contributed by atoms with E-state index in [9.17, 15) is 0 Å². The molecule has 0 fully saturated rings. The van der Waals surface area contributed by atoms with Crippen molar-refractivity contribution in [1.29, 1.82) is 0 Å². The van der Waals surface area contributed by atoms with E-state index in [1.54, 1.807) is 0 Å². The summed E-state index contributed by atoms with van der Waals surface area (Å²) in [6.07, 6.45) is 14.5. The number of rotatable bonds is 8. The maximum atomic E-state index is 3.82. The van der Waals surface area contributed by atoms with Crippen LogP contribution in [0, 0.1) is 11.8 Å². The van der Waals surface area contributed by atoms with Gasteiger partial charge < -0.3 is 0 Å². The van der Waals surface area contributed by atoms with Crippen LogP contribution in [0.1, 0.15) is 53.9 Å². The van der Waals surface area contributed by atoms with Crippen LogP contribution in [0.15, 0.2) is 48.1 Å². The van der Waals surface area contributed by atoms with E-state index in [0.717, 1.165) is 19.3 Å². The second-order valence-electron chi connectivity index (χ2n) is 5.31.